The first-order valence-corrected chi connectivity index (χ1v) is 7.58. The van der Waals surface area contributed by atoms with E-state index >= 15 is 0 Å². The number of nitrogens with zero attached hydrogens (tertiary/aromatic N) is 2. The lowest BCUT2D eigenvalue weighted by atomic mass is 9.93. The summed E-state index contributed by atoms with van der Waals surface area (Å²) in [6.45, 7) is 1.62. The lowest BCUT2D eigenvalue weighted by Crippen LogP contribution is -2.29. The molecule has 0 radical (unpaired) electrons. The largest absolute Gasteiger partial charge is 0.384 e. The number of aromatic nitrogens is 1. The number of nitriles is 2. The summed E-state index contributed by atoms with van der Waals surface area (Å²) in [7, 11) is 0. The second-order valence-corrected chi connectivity index (χ2v) is 5.93. The standard InChI is InChI=1S/C17H14N4OS/c18-6-13-15(14(7-19)17(23)21-16(13)20)12-3-1-10(2-4-12)5-11-8-22-9-11/h1-4,11H,5,8-9H2,(H3,20,21,23). The molecular formula is C17H14N4OS. The molecule has 0 amide bonds. The zero-order valence-electron chi connectivity index (χ0n) is 12.3. The van der Waals surface area contributed by atoms with Crippen LogP contribution in [-0.4, -0.2) is 18.2 Å². The van der Waals surface area contributed by atoms with Gasteiger partial charge in [-0.2, -0.15) is 10.5 Å². The van der Waals surface area contributed by atoms with Gasteiger partial charge in [-0.25, -0.2) is 0 Å². The van der Waals surface area contributed by atoms with Crippen LogP contribution in [0.15, 0.2) is 24.3 Å². The van der Waals surface area contributed by atoms with Gasteiger partial charge in [0.1, 0.15) is 28.2 Å². The highest BCUT2D eigenvalue weighted by atomic mass is 32.1. The summed E-state index contributed by atoms with van der Waals surface area (Å²) in [5, 5.41) is 18.8. The Labute approximate surface area is 138 Å². The molecule has 0 atom stereocenters. The number of nitrogens with one attached hydrogen (secondary N) is 1. The predicted molar refractivity (Wildman–Crippen MR) is 88.9 cm³/mol. The monoisotopic (exact) mass is 322 g/mol. The van der Waals surface area contributed by atoms with Crippen LogP contribution < -0.4 is 5.73 Å². The maximum atomic E-state index is 9.38. The Hall–Kier alpha value is -2.67. The van der Waals surface area contributed by atoms with Gasteiger partial charge in [0, 0.05) is 11.5 Å². The molecule has 0 spiro atoms. The van der Waals surface area contributed by atoms with Crippen LogP contribution in [0.2, 0.25) is 0 Å². The van der Waals surface area contributed by atoms with Gasteiger partial charge >= 0.3 is 0 Å². The Morgan fingerprint density at radius 2 is 1.83 bits per heavy atom. The van der Waals surface area contributed by atoms with E-state index in [-0.39, 0.29) is 21.6 Å². The predicted octanol–water partition coefficient (Wildman–Crippen LogP) is 2.93. The summed E-state index contributed by atoms with van der Waals surface area (Å²) in [6.07, 6.45) is 0.966. The highest BCUT2D eigenvalue weighted by molar-refractivity contribution is 7.71. The first-order valence-electron chi connectivity index (χ1n) is 7.17. The van der Waals surface area contributed by atoms with Crippen molar-refractivity contribution in [3.8, 4) is 23.3 Å². The molecule has 0 aliphatic carbocycles. The summed E-state index contributed by atoms with van der Waals surface area (Å²) in [4.78, 5) is 2.71. The summed E-state index contributed by atoms with van der Waals surface area (Å²) in [5.41, 5.74) is 8.82. The zero-order chi connectivity index (χ0) is 16.4. The van der Waals surface area contributed by atoms with Crippen LogP contribution in [0.4, 0.5) is 5.82 Å². The molecule has 2 heterocycles. The minimum atomic E-state index is 0.183. The average molecular weight is 322 g/mol. The van der Waals surface area contributed by atoms with Crippen molar-refractivity contribution in [1.29, 1.82) is 10.5 Å². The van der Waals surface area contributed by atoms with E-state index in [0.29, 0.717) is 11.5 Å². The smallest absolute Gasteiger partial charge is 0.123 e. The molecular weight excluding hydrogens is 308 g/mol. The van der Waals surface area contributed by atoms with Gasteiger partial charge in [0.15, 0.2) is 0 Å². The molecule has 2 aromatic rings. The van der Waals surface area contributed by atoms with Crippen LogP contribution in [0.3, 0.4) is 0 Å². The van der Waals surface area contributed by atoms with Crippen molar-refractivity contribution in [2.24, 2.45) is 5.92 Å². The quantitative estimate of drug-likeness (QED) is 0.847. The van der Waals surface area contributed by atoms with E-state index < -0.39 is 0 Å². The molecule has 1 aliphatic heterocycles. The average Bonchev–Trinajstić information content (AvgIpc) is 2.51. The SMILES string of the molecule is N#Cc1c(N)[nH]c(=S)c(C#N)c1-c1ccc(CC2COC2)cc1. The fourth-order valence-corrected chi connectivity index (χ4v) is 2.93. The minimum Gasteiger partial charge on any atom is -0.384 e. The molecule has 3 N–H and O–H groups in total. The molecule has 114 valence electrons. The van der Waals surface area contributed by atoms with Gasteiger partial charge in [-0.05, 0) is 17.5 Å². The van der Waals surface area contributed by atoms with Gasteiger partial charge in [-0.3, -0.25) is 0 Å². The van der Waals surface area contributed by atoms with Crippen LogP contribution in [0, 0.1) is 33.2 Å². The highest BCUT2D eigenvalue weighted by Gasteiger charge is 2.19. The third-order valence-corrected chi connectivity index (χ3v) is 4.25. The van der Waals surface area contributed by atoms with Crippen LogP contribution in [-0.2, 0) is 11.2 Å². The van der Waals surface area contributed by atoms with Gasteiger partial charge in [0.2, 0.25) is 0 Å². The number of nitrogens with two attached hydrogens (primary N) is 1. The third-order valence-electron chi connectivity index (χ3n) is 3.94. The van der Waals surface area contributed by atoms with E-state index in [1.54, 1.807) is 0 Å². The molecule has 3 rings (SSSR count). The van der Waals surface area contributed by atoms with Crippen molar-refractivity contribution in [2.45, 2.75) is 6.42 Å². The molecule has 1 aliphatic rings. The third kappa shape index (κ3) is 2.83. The molecule has 1 saturated heterocycles. The Morgan fingerprint density at radius 3 is 2.35 bits per heavy atom. The number of ether oxygens (including phenoxy) is 1. The maximum absolute atomic E-state index is 9.38. The van der Waals surface area contributed by atoms with E-state index in [0.717, 1.165) is 25.2 Å². The Balaban J connectivity index is 2.06. The lowest BCUT2D eigenvalue weighted by Gasteiger charge is -2.25. The van der Waals surface area contributed by atoms with Gasteiger partial charge in [0.25, 0.3) is 0 Å². The number of benzene rings is 1. The summed E-state index contributed by atoms with van der Waals surface area (Å²) in [6, 6.07) is 11.9. The van der Waals surface area contributed by atoms with Gasteiger partial charge < -0.3 is 15.5 Å². The van der Waals surface area contributed by atoms with Crippen molar-refractivity contribution < 1.29 is 4.74 Å². The molecule has 0 saturated carbocycles. The van der Waals surface area contributed by atoms with Gasteiger partial charge in [-0.15, -0.1) is 0 Å². The summed E-state index contributed by atoms with van der Waals surface area (Å²) in [5.74, 6) is 0.758. The second-order valence-electron chi connectivity index (χ2n) is 5.52. The molecule has 5 nitrogen and oxygen atoms in total. The van der Waals surface area contributed by atoms with Crippen LogP contribution in [0.25, 0.3) is 11.1 Å². The van der Waals surface area contributed by atoms with Crippen LogP contribution >= 0.6 is 12.2 Å². The van der Waals surface area contributed by atoms with E-state index in [1.807, 2.05) is 24.3 Å². The van der Waals surface area contributed by atoms with E-state index in [9.17, 15) is 10.5 Å². The highest BCUT2D eigenvalue weighted by Crippen LogP contribution is 2.31. The molecule has 1 fully saturated rings. The number of H-pyrrole nitrogens is 1. The van der Waals surface area contributed by atoms with Crippen molar-refractivity contribution in [2.75, 3.05) is 18.9 Å². The molecule has 1 aromatic heterocycles. The lowest BCUT2D eigenvalue weighted by molar-refractivity contribution is -0.0312. The van der Waals surface area contributed by atoms with Gasteiger partial charge in [-0.1, -0.05) is 36.5 Å². The van der Waals surface area contributed by atoms with E-state index in [1.165, 1.54) is 5.56 Å². The molecule has 0 unspecified atom stereocenters. The van der Waals surface area contributed by atoms with Crippen molar-refractivity contribution in [3.63, 3.8) is 0 Å². The van der Waals surface area contributed by atoms with Gasteiger partial charge in [0.05, 0.1) is 18.8 Å². The van der Waals surface area contributed by atoms with Crippen molar-refractivity contribution in [1.82, 2.24) is 4.98 Å². The van der Waals surface area contributed by atoms with Crippen molar-refractivity contribution >= 4 is 18.0 Å². The van der Waals surface area contributed by atoms with Crippen molar-refractivity contribution in [3.05, 3.63) is 45.6 Å². The van der Waals surface area contributed by atoms with E-state index in [2.05, 4.69) is 17.1 Å². The number of hydrogen-bond donors (Lipinski definition) is 2. The fourth-order valence-electron chi connectivity index (χ4n) is 2.68. The summed E-state index contributed by atoms with van der Waals surface area (Å²) < 4.78 is 5.43. The van der Waals surface area contributed by atoms with Crippen LogP contribution in [0.5, 0.6) is 0 Å². The Bertz CT molecular complexity index is 883. The van der Waals surface area contributed by atoms with E-state index in [4.69, 9.17) is 22.7 Å². The topological polar surface area (TPSA) is 98.6 Å². The normalized spacial score (nSPS) is 13.8. The molecule has 0 bridgehead atoms. The number of pyridine rings is 1. The molecule has 6 heteroatoms. The molecule has 1 aromatic carbocycles. The second kappa shape index (κ2) is 6.21. The zero-order valence-corrected chi connectivity index (χ0v) is 13.1. The first kappa shape index (κ1) is 15.2. The Morgan fingerprint density at radius 1 is 1.17 bits per heavy atom. The first-order chi connectivity index (χ1) is 11.1. The number of nitrogen functional groups attached to an aromatic ring is 1. The minimum absolute atomic E-state index is 0.183. The Kier molecular flexibility index (Phi) is 4.12. The maximum Gasteiger partial charge on any atom is 0.123 e. The fraction of sp³-hybridized carbons (Fsp3) is 0.235. The van der Waals surface area contributed by atoms with Crippen LogP contribution in [0.1, 0.15) is 16.7 Å². The molecule has 23 heavy (non-hydrogen) atoms. The number of anilines is 1. The number of rotatable bonds is 3. The number of aromatic amines is 1. The number of hydrogen-bond acceptors (Lipinski definition) is 5. The summed E-state index contributed by atoms with van der Waals surface area (Å²) >= 11 is 5.16.